The third-order valence-electron chi connectivity index (χ3n) is 3.57. The molecule has 0 atom stereocenters. The molecule has 1 saturated carbocycles. The van der Waals surface area contributed by atoms with Gasteiger partial charge in [-0.2, -0.15) is 0 Å². The maximum atomic E-state index is 12.0. The molecule has 1 fully saturated rings. The highest BCUT2D eigenvalue weighted by Gasteiger charge is 2.41. The maximum absolute atomic E-state index is 12.0. The van der Waals surface area contributed by atoms with Crippen molar-refractivity contribution in [3.05, 3.63) is 22.4 Å². The van der Waals surface area contributed by atoms with Gasteiger partial charge in [0.2, 0.25) is 0 Å². The van der Waals surface area contributed by atoms with E-state index in [1.807, 2.05) is 23.9 Å². The van der Waals surface area contributed by atoms with E-state index in [2.05, 4.69) is 28.2 Å². The quantitative estimate of drug-likeness (QED) is 0.890. The molecule has 17 heavy (non-hydrogen) atoms. The third kappa shape index (κ3) is 2.92. The average Bonchev–Trinajstić information content (AvgIpc) is 2.95. The number of halogens is 1. The molecule has 1 aromatic heterocycles. The van der Waals surface area contributed by atoms with Gasteiger partial charge in [-0.25, -0.2) is 0 Å². The van der Waals surface area contributed by atoms with Gasteiger partial charge in [0.05, 0.1) is 0 Å². The highest BCUT2D eigenvalue weighted by molar-refractivity contribution is 9.10. The van der Waals surface area contributed by atoms with Crippen molar-refractivity contribution in [3.8, 4) is 0 Å². The Morgan fingerprint density at radius 1 is 1.59 bits per heavy atom. The van der Waals surface area contributed by atoms with Crippen molar-refractivity contribution in [2.24, 2.45) is 12.5 Å². The second-order valence-electron chi connectivity index (χ2n) is 5.09. The van der Waals surface area contributed by atoms with E-state index in [-0.39, 0.29) is 5.91 Å². The van der Waals surface area contributed by atoms with Crippen LogP contribution in [0.3, 0.4) is 0 Å². The normalized spacial score (nSPS) is 16.9. The van der Waals surface area contributed by atoms with Crippen molar-refractivity contribution in [2.45, 2.75) is 32.6 Å². The fourth-order valence-corrected chi connectivity index (χ4v) is 2.85. The summed E-state index contributed by atoms with van der Waals surface area (Å²) in [6, 6.07) is 1.86. The van der Waals surface area contributed by atoms with Gasteiger partial charge in [0.25, 0.3) is 5.91 Å². The number of nitrogens with one attached hydrogen (secondary N) is 1. The van der Waals surface area contributed by atoms with E-state index in [1.165, 1.54) is 25.7 Å². The topological polar surface area (TPSA) is 34.0 Å². The summed E-state index contributed by atoms with van der Waals surface area (Å²) in [6.45, 7) is 3.03. The highest BCUT2D eigenvalue weighted by atomic mass is 79.9. The number of aryl methyl sites for hydroxylation is 1. The molecule has 0 aliphatic heterocycles. The minimum absolute atomic E-state index is 0.0283. The molecular weight excluding hydrogens is 280 g/mol. The summed E-state index contributed by atoms with van der Waals surface area (Å²) in [5.74, 6) is 0.0283. The Kier molecular flexibility index (Phi) is 3.61. The van der Waals surface area contributed by atoms with E-state index in [0.29, 0.717) is 11.1 Å². The molecule has 1 aromatic rings. The van der Waals surface area contributed by atoms with Crippen LogP contribution in [0.1, 0.15) is 43.1 Å². The van der Waals surface area contributed by atoms with Gasteiger partial charge < -0.3 is 9.88 Å². The molecule has 0 radical (unpaired) electrons. The lowest BCUT2D eigenvalue weighted by Crippen LogP contribution is -2.31. The van der Waals surface area contributed by atoms with E-state index < -0.39 is 0 Å². The molecule has 1 amide bonds. The highest BCUT2D eigenvalue weighted by Crippen LogP contribution is 2.48. The van der Waals surface area contributed by atoms with Crippen LogP contribution in [0.15, 0.2) is 16.7 Å². The van der Waals surface area contributed by atoms with Gasteiger partial charge in [0.1, 0.15) is 5.69 Å². The molecule has 1 heterocycles. The molecule has 0 saturated heterocycles. The number of hydrogen-bond donors (Lipinski definition) is 1. The van der Waals surface area contributed by atoms with Crippen LogP contribution in [0.4, 0.5) is 0 Å². The molecule has 4 heteroatoms. The predicted molar refractivity (Wildman–Crippen MR) is 72.0 cm³/mol. The summed E-state index contributed by atoms with van der Waals surface area (Å²) < 4.78 is 2.79. The second-order valence-corrected chi connectivity index (χ2v) is 6.00. The van der Waals surface area contributed by atoms with E-state index >= 15 is 0 Å². The molecule has 0 unspecified atom stereocenters. The molecule has 1 N–H and O–H groups in total. The van der Waals surface area contributed by atoms with Crippen molar-refractivity contribution in [1.82, 2.24) is 9.88 Å². The van der Waals surface area contributed by atoms with E-state index in [1.54, 1.807) is 0 Å². The summed E-state index contributed by atoms with van der Waals surface area (Å²) in [7, 11) is 1.89. The Bertz CT molecular complexity index is 421. The zero-order valence-corrected chi connectivity index (χ0v) is 12.0. The van der Waals surface area contributed by atoms with Gasteiger partial charge in [-0.15, -0.1) is 0 Å². The number of aromatic nitrogens is 1. The zero-order chi connectivity index (χ0) is 12.5. The van der Waals surface area contributed by atoms with E-state index in [9.17, 15) is 4.79 Å². The SMILES string of the molecule is CCCC1(CNC(=O)c2cc(Br)cn2C)CC1. The number of hydrogen-bond acceptors (Lipinski definition) is 1. The second kappa shape index (κ2) is 4.84. The Balaban J connectivity index is 1.92. The molecule has 94 valence electrons. The summed E-state index contributed by atoms with van der Waals surface area (Å²) in [4.78, 5) is 12.0. The molecule has 0 aromatic carbocycles. The van der Waals surface area contributed by atoms with Crippen LogP contribution in [0, 0.1) is 5.41 Å². The van der Waals surface area contributed by atoms with Crippen LogP contribution in [-0.2, 0) is 7.05 Å². The molecule has 2 rings (SSSR count). The fraction of sp³-hybridized carbons (Fsp3) is 0.615. The summed E-state index contributed by atoms with van der Waals surface area (Å²) in [5, 5.41) is 3.06. The van der Waals surface area contributed by atoms with Crippen LogP contribution in [0.25, 0.3) is 0 Å². The largest absolute Gasteiger partial charge is 0.350 e. The Morgan fingerprint density at radius 3 is 2.76 bits per heavy atom. The molecule has 0 bridgehead atoms. The first kappa shape index (κ1) is 12.7. The standard InChI is InChI=1S/C13H19BrN2O/c1-3-4-13(5-6-13)9-15-12(17)11-7-10(14)8-16(11)2/h7-8H,3-6,9H2,1-2H3,(H,15,17). The van der Waals surface area contributed by atoms with Crippen molar-refractivity contribution in [3.63, 3.8) is 0 Å². The molecule has 0 spiro atoms. The van der Waals surface area contributed by atoms with Gasteiger partial charge in [-0.05, 0) is 46.7 Å². The van der Waals surface area contributed by atoms with Crippen LogP contribution < -0.4 is 5.32 Å². The van der Waals surface area contributed by atoms with Gasteiger partial charge >= 0.3 is 0 Å². The fourth-order valence-electron chi connectivity index (χ4n) is 2.33. The minimum atomic E-state index is 0.0283. The van der Waals surface area contributed by atoms with Crippen LogP contribution in [0.5, 0.6) is 0 Å². The van der Waals surface area contributed by atoms with Crippen molar-refractivity contribution in [1.29, 1.82) is 0 Å². The number of amides is 1. The Labute approximate surface area is 111 Å². The molecule has 1 aliphatic rings. The average molecular weight is 299 g/mol. The van der Waals surface area contributed by atoms with Gasteiger partial charge in [-0.1, -0.05) is 13.3 Å². The molecule has 1 aliphatic carbocycles. The monoisotopic (exact) mass is 298 g/mol. The van der Waals surface area contributed by atoms with Crippen molar-refractivity contribution in [2.75, 3.05) is 6.54 Å². The maximum Gasteiger partial charge on any atom is 0.267 e. The lowest BCUT2D eigenvalue weighted by atomic mass is 10.0. The van der Waals surface area contributed by atoms with Crippen LogP contribution >= 0.6 is 15.9 Å². The van der Waals surface area contributed by atoms with Crippen LogP contribution in [-0.4, -0.2) is 17.0 Å². The van der Waals surface area contributed by atoms with Gasteiger partial charge in [0, 0.05) is 24.3 Å². The summed E-state index contributed by atoms with van der Waals surface area (Å²) >= 11 is 3.38. The minimum Gasteiger partial charge on any atom is -0.350 e. The Hall–Kier alpha value is -0.770. The van der Waals surface area contributed by atoms with E-state index in [4.69, 9.17) is 0 Å². The lowest BCUT2D eigenvalue weighted by Gasteiger charge is -2.14. The number of carbonyl (C=O) groups is 1. The first-order valence-electron chi connectivity index (χ1n) is 6.16. The zero-order valence-electron chi connectivity index (χ0n) is 10.4. The lowest BCUT2D eigenvalue weighted by molar-refractivity contribution is 0.0935. The number of carbonyl (C=O) groups excluding carboxylic acids is 1. The Morgan fingerprint density at radius 2 is 2.29 bits per heavy atom. The predicted octanol–water partition coefficient (Wildman–Crippen LogP) is 3.10. The van der Waals surface area contributed by atoms with Gasteiger partial charge in [-0.3, -0.25) is 4.79 Å². The van der Waals surface area contributed by atoms with Crippen molar-refractivity contribution < 1.29 is 4.79 Å². The van der Waals surface area contributed by atoms with Crippen LogP contribution in [0.2, 0.25) is 0 Å². The first-order chi connectivity index (χ1) is 8.06. The summed E-state index contributed by atoms with van der Waals surface area (Å²) in [6.07, 6.45) is 6.85. The summed E-state index contributed by atoms with van der Waals surface area (Å²) in [5.41, 5.74) is 1.12. The number of rotatable bonds is 5. The van der Waals surface area contributed by atoms with Gasteiger partial charge in [0.15, 0.2) is 0 Å². The van der Waals surface area contributed by atoms with Crippen molar-refractivity contribution >= 4 is 21.8 Å². The third-order valence-corrected chi connectivity index (χ3v) is 4.00. The molecular formula is C13H19BrN2O. The first-order valence-corrected chi connectivity index (χ1v) is 6.96. The molecule has 3 nitrogen and oxygen atoms in total. The van der Waals surface area contributed by atoms with E-state index in [0.717, 1.165) is 11.0 Å². The smallest absolute Gasteiger partial charge is 0.267 e. The number of nitrogens with zero attached hydrogens (tertiary/aromatic N) is 1.